The molecule has 0 unspecified atom stereocenters. The Bertz CT molecular complexity index is 683. The molecule has 1 heterocycles. The summed E-state index contributed by atoms with van der Waals surface area (Å²) in [5.74, 6) is 0.0208. The van der Waals surface area contributed by atoms with Crippen LogP contribution in [-0.4, -0.2) is 19.0 Å². The van der Waals surface area contributed by atoms with E-state index in [9.17, 15) is 13.6 Å². The van der Waals surface area contributed by atoms with Gasteiger partial charge in [-0.25, -0.2) is 0 Å². The molecule has 2 aromatic rings. The molecule has 108 valence electrons. The van der Waals surface area contributed by atoms with Gasteiger partial charge in [-0.05, 0) is 23.8 Å². The van der Waals surface area contributed by atoms with Crippen molar-refractivity contribution in [2.45, 2.75) is 13.0 Å². The molecule has 0 N–H and O–H groups in total. The summed E-state index contributed by atoms with van der Waals surface area (Å²) < 4.78 is 34.8. The summed E-state index contributed by atoms with van der Waals surface area (Å²) in [6.45, 7) is -2.45. The number of carbonyl (C=O) groups excluding carboxylic acids is 1. The van der Waals surface area contributed by atoms with E-state index in [-0.39, 0.29) is 17.1 Å². The van der Waals surface area contributed by atoms with Crippen LogP contribution in [0, 0.1) is 0 Å². The van der Waals surface area contributed by atoms with Crippen LogP contribution in [0.3, 0.4) is 0 Å². The van der Waals surface area contributed by atoms with Gasteiger partial charge in [-0.2, -0.15) is 8.78 Å². The molecule has 0 aromatic heterocycles. The standard InChI is InChI=1S/C16H12F2O3/c17-16(18)21-13-7-2-1-5-11(13)14(19)12-6-3-4-10-8-9-20-15(10)12/h1-7,16H,8-9H2. The molecule has 5 heteroatoms. The molecule has 0 aliphatic carbocycles. The van der Waals surface area contributed by atoms with Crippen LogP contribution >= 0.6 is 0 Å². The van der Waals surface area contributed by atoms with Gasteiger partial charge < -0.3 is 9.47 Å². The van der Waals surface area contributed by atoms with Crippen LogP contribution in [0.2, 0.25) is 0 Å². The first kappa shape index (κ1) is 13.5. The highest BCUT2D eigenvalue weighted by atomic mass is 19.3. The summed E-state index contributed by atoms with van der Waals surface area (Å²) in [7, 11) is 0. The van der Waals surface area contributed by atoms with Crippen LogP contribution in [0.25, 0.3) is 0 Å². The fourth-order valence-electron chi connectivity index (χ4n) is 2.39. The van der Waals surface area contributed by atoms with Crippen molar-refractivity contribution in [1.82, 2.24) is 0 Å². The summed E-state index contributed by atoms with van der Waals surface area (Å²) in [4.78, 5) is 12.6. The van der Waals surface area contributed by atoms with Crippen LogP contribution < -0.4 is 9.47 Å². The lowest BCUT2D eigenvalue weighted by molar-refractivity contribution is -0.0501. The number of carbonyl (C=O) groups is 1. The van der Waals surface area contributed by atoms with Crippen molar-refractivity contribution in [1.29, 1.82) is 0 Å². The number of ketones is 1. The first-order valence-corrected chi connectivity index (χ1v) is 6.50. The molecule has 2 aromatic carbocycles. The van der Waals surface area contributed by atoms with Gasteiger partial charge >= 0.3 is 6.61 Å². The van der Waals surface area contributed by atoms with Gasteiger partial charge in [0.15, 0.2) is 5.78 Å². The second-order valence-electron chi connectivity index (χ2n) is 4.60. The summed E-state index contributed by atoms with van der Waals surface area (Å²) in [5.41, 5.74) is 1.42. The Morgan fingerprint density at radius 1 is 1.10 bits per heavy atom. The lowest BCUT2D eigenvalue weighted by atomic mass is 9.99. The summed E-state index contributed by atoms with van der Waals surface area (Å²) >= 11 is 0. The predicted molar refractivity (Wildman–Crippen MR) is 72.1 cm³/mol. The van der Waals surface area contributed by atoms with E-state index in [4.69, 9.17) is 4.74 Å². The highest BCUT2D eigenvalue weighted by molar-refractivity contribution is 6.12. The Balaban J connectivity index is 2.02. The Labute approximate surface area is 120 Å². The molecule has 0 saturated heterocycles. The van der Waals surface area contributed by atoms with Gasteiger partial charge in [0.1, 0.15) is 11.5 Å². The molecule has 1 aliphatic heterocycles. The number of rotatable bonds is 4. The maximum Gasteiger partial charge on any atom is 0.387 e. The van der Waals surface area contributed by atoms with Gasteiger partial charge in [0.25, 0.3) is 0 Å². The number of ether oxygens (including phenoxy) is 2. The van der Waals surface area contributed by atoms with Crippen LogP contribution in [0.4, 0.5) is 8.78 Å². The molecular weight excluding hydrogens is 278 g/mol. The molecule has 1 aliphatic rings. The Hall–Kier alpha value is -2.43. The minimum Gasteiger partial charge on any atom is -0.492 e. The van der Waals surface area contributed by atoms with E-state index in [0.717, 1.165) is 12.0 Å². The van der Waals surface area contributed by atoms with Gasteiger partial charge in [-0.1, -0.05) is 24.3 Å². The minimum absolute atomic E-state index is 0.0988. The molecule has 3 rings (SSSR count). The van der Waals surface area contributed by atoms with Crippen LogP contribution in [0.15, 0.2) is 42.5 Å². The predicted octanol–water partition coefficient (Wildman–Crippen LogP) is 3.45. The number of alkyl halides is 2. The van der Waals surface area contributed by atoms with Gasteiger partial charge in [0.2, 0.25) is 0 Å². The molecule has 0 fully saturated rings. The number of hydrogen-bond acceptors (Lipinski definition) is 3. The summed E-state index contributed by atoms with van der Waals surface area (Å²) in [6.07, 6.45) is 0.742. The quantitative estimate of drug-likeness (QED) is 0.809. The van der Waals surface area contributed by atoms with Crippen molar-refractivity contribution in [3.05, 3.63) is 59.2 Å². The van der Waals surface area contributed by atoms with Gasteiger partial charge in [-0.15, -0.1) is 0 Å². The fourth-order valence-corrected chi connectivity index (χ4v) is 2.39. The third kappa shape index (κ3) is 2.59. The maximum absolute atomic E-state index is 12.6. The summed E-state index contributed by atoms with van der Waals surface area (Å²) in [6, 6.07) is 11.2. The van der Waals surface area contributed by atoms with Crippen molar-refractivity contribution < 1.29 is 23.0 Å². The SMILES string of the molecule is O=C(c1ccccc1OC(F)F)c1cccc2c1OCC2. The van der Waals surface area contributed by atoms with Crippen LogP contribution in [0.5, 0.6) is 11.5 Å². The zero-order chi connectivity index (χ0) is 14.8. The largest absolute Gasteiger partial charge is 0.492 e. The van der Waals surface area contributed by atoms with E-state index < -0.39 is 6.61 Å². The first-order chi connectivity index (χ1) is 10.2. The topological polar surface area (TPSA) is 35.5 Å². The van der Waals surface area contributed by atoms with E-state index in [1.807, 2.05) is 6.07 Å². The Morgan fingerprint density at radius 3 is 2.67 bits per heavy atom. The molecule has 0 bridgehead atoms. The van der Waals surface area contributed by atoms with E-state index in [2.05, 4.69) is 4.74 Å². The van der Waals surface area contributed by atoms with Crippen molar-refractivity contribution in [2.24, 2.45) is 0 Å². The number of benzene rings is 2. The van der Waals surface area contributed by atoms with Gasteiger partial charge in [0, 0.05) is 6.42 Å². The third-order valence-electron chi connectivity index (χ3n) is 3.31. The maximum atomic E-state index is 12.6. The number of hydrogen-bond donors (Lipinski definition) is 0. The lowest BCUT2D eigenvalue weighted by Gasteiger charge is -2.11. The third-order valence-corrected chi connectivity index (χ3v) is 3.31. The monoisotopic (exact) mass is 290 g/mol. The Morgan fingerprint density at radius 2 is 1.86 bits per heavy atom. The average molecular weight is 290 g/mol. The van der Waals surface area contributed by atoms with Crippen LogP contribution in [0.1, 0.15) is 21.5 Å². The second-order valence-corrected chi connectivity index (χ2v) is 4.60. The molecule has 0 atom stereocenters. The Kier molecular flexibility index (Phi) is 3.56. The minimum atomic E-state index is -2.98. The van der Waals surface area contributed by atoms with Gasteiger partial charge in [0.05, 0.1) is 17.7 Å². The molecule has 21 heavy (non-hydrogen) atoms. The average Bonchev–Trinajstić information content (AvgIpc) is 2.95. The number of para-hydroxylation sites is 2. The molecular formula is C16H12F2O3. The van der Waals surface area contributed by atoms with E-state index >= 15 is 0 Å². The van der Waals surface area contributed by atoms with E-state index in [0.29, 0.717) is 17.9 Å². The second kappa shape index (κ2) is 5.52. The zero-order valence-electron chi connectivity index (χ0n) is 11.0. The molecule has 0 amide bonds. The lowest BCUT2D eigenvalue weighted by Crippen LogP contribution is -2.09. The normalized spacial score (nSPS) is 12.9. The van der Waals surface area contributed by atoms with Crippen LogP contribution in [-0.2, 0) is 6.42 Å². The van der Waals surface area contributed by atoms with Crippen molar-refractivity contribution >= 4 is 5.78 Å². The highest BCUT2D eigenvalue weighted by Gasteiger charge is 2.24. The number of halogens is 2. The molecule has 3 nitrogen and oxygen atoms in total. The molecule has 0 saturated carbocycles. The number of fused-ring (bicyclic) bond motifs is 1. The zero-order valence-corrected chi connectivity index (χ0v) is 11.0. The smallest absolute Gasteiger partial charge is 0.387 e. The van der Waals surface area contributed by atoms with Gasteiger partial charge in [-0.3, -0.25) is 4.79 Å². The fraction of sp³-hybridized carbons (Fsp3) is 0.188. The van der Waals surface area contributed by atoms with Crippen molar-refractivity contribution in [3.8, 4) is 11.5 Å². The van der Waals surface area contributed by atoms with E-state index in [1.54, 1.807) is 24.3 Å². The molecule has 0 spiro atoms. The molecule has 0 radical (unpaired) electrons. The van der Waals surface area contributed by atoms with E-state index in [1.165, 1.54) is 12.1 Å². The van der Waals surface area contributed by atoms with Crippen molar-refractivity contribution in [3.63, 3.8) is 0 Å². The summed E-state index contributed by atoms with van der Waals surface area (Å²) in [5, 5.41) is 0. The highest BCUT2D eigenvalue weighted by Crippen LogP contribution is 2.33. The first-order valence-electron chi connectivity index (χ1n) is 6.50. The van der Waals surface area contributed by atoms with Crippen molar-refractivity contribution in [2.75, 3.05) is 6.61 Å².